The van der Waals surface area contributed by atoms with E-state index in [0.717, 1.165) is 11.1 Å². The Kier molecular flexibility index (Phi) is 2.94. The highest BCUT2D eigenvalue weighted by atomic mass is 35.5. The zero-order chi connectivity index (χ0) is 12.4. The largest absolute Gasteiger partial charge is 0.495 e. The molecule has 0 unspecified atom stereocenters. The molecule has 0 amide bonds. The predicted molar refractivity (Wildman–Crippen MR) is 66.9 cm³/mol. The number of benzene rings is 1. The first kappa shape index (κ1) is 11.4. The van der Waals surface area contributed by atoms with Gasteiger partial charge in [-0.25, -0.2) is 0 Å². The van der Waals surface area contributed by atoms with E-state index in [9.17, 15) is 0 Å². The van der Waals surface area contributed by atoms with E-state index in [0.29, 0.717) is 22.2 Å². The molecular weight excluding hydrogens is 238 g/mol. The molecule has 17 heavy (non-hydrogen) atoms. The summed E-state index contributed by atoms with van der Waals surface area (Å²) in [6.45, 7) is 0. The van der Waals surface area contributed by atoms with Gasteiger partial charge in [0.2, 0.25) is 0 Å². The Morgan fingerprint density at radius 3 is 2.82 bits per heavy atom. The van der Waals surface area contributed by atoms with E-state index in [2.05, 4.69) is 11.1 Å². The Bertz CT molecular complexity index is 598. The summed E-state index contributed by atoms with van der Waals surface area (Å²) in [5.41, 5.74) is 7.62. The standard InChI is InChI=1S/C12H10ClN3O/c1-17-11-3-2-7(4-10(11)13)9-6-16-12(15)8(9)5-14/h2-4,6,16H,15H2,1H3. The number of ether oxygens (including phenoxy) is 1. The molecule has 5 heteroatoms. The zero-order valence-corrected chi connectivity index (χ0v) is 9.88. The number of anilines is 1. The first-order valence-corrected chi connectivity index (χ1v) is 5.26. The SMILES string of the molecule is COc1ccc(-c2c[nH]c(N)c2C#N)cc1Cl. The summed E-state index contributed by atoms with van der Waals surface area (Å²) in [6.07, 6.45) is 1.69. The molecule has 1 aromatic carbocycles. The number of rotatable bonds is 2. The van der Waals surface area contributed by atoms with Crippen LogP contribution in [0.3, 0.4) is 0 Å². The number of nitrogens with one attached hydrogen (secondary N) is 1. The van der Waals surface area contributed by atoms with Crippen molar-refractivity contribution in [2.45, 2.75) is 0 Å². The number of nitrogens with two attached hydrogens (primary N) is 1. The fourth-order valence-corrected chi connectivity index (χ4v) is 1.88. The molecule has 86 valence electrons. The lowest BCUT2D eigenvalue weighted by Gasteiger charge is -2.05. The van der Waals surface area contributed by atoms with Crippen molar-refractivity contribution in [3.8, 4) is 22.9 Å². The third-order valence-electron chi connectivity index (χ3n) is 2.49. The number of hydrogen-bond acceptors (Lipinski definition) is 3. The van der Waals surface area contributed by atoms with Crippen LogP contribution in [0.5, 0.6) is 5.75 Å². The van der Waals surface area contributed by atoms with E-state index in [1.165, 1.54) is 0 Å². The Morgan fingerprint density at radius 1 is 1.47 bits per heavy atom. The van der Waals surface area contributed by atoms with Gasteiger partial charge in [0.25, 0.3) is 0 Å². The molecule has 0 spiro atoms. The molecule has 3 N–H and O–H groups in total. The molecule has 1 heterocycles. The van der Waals surface area contributed by atoms with Gasteiger partial charge in [-0.3, -0.25) is 0 Å². The van der Waals surface area contributed by atoms with Gasteiger partial charge < -0.3 is 15.5 Å². The maximum Gasteiger partial charge on any atom is 0.137 e. The van der Waals surface area contributed by atoms with Crippen LogP contribution in [0.2, 0.25) is 5.02 Å². The number of aromatic nitrogens is 1. The normalized spacial score (nSPS) is 9.94. The third kappa shape index (κ3) is 1.93. The van der Waals surface area contributed by atoms with Crippen LogP contribution in [0.25, 0.3) is 11.1 Å². The monoisotopic (exact) mass is 247 g/mol. The molecule has 4 nitrogen and oxygen atoms in total. The second kappa shape index (κ2) is 4.40. The van der Waals surface area contributed by atoms with Crippen molar-refractivity contribution in [3.05, 3.63) is 35.0 Å². The average molecular weight is 248 g/mol. The van der Waals surface area contributed by atoms with E-state index < -0.39 is 0 Å². The topological polar surface area (TPSA) is 74.8 Å². The van der Waals surface area contributed by atoms with Crippen LogP contribution in [-0.2, 0) is 0 Å². The van der Waals surface area contributed by atoms with Gasteiger partial charge in [0, 0.05) is 11.8 Å². The molecule has 0 saturated carbocycles. The van der Waals surface area contributed by atoms with Gasteiger partial charge in [-0.05, 0) is 17.7 Å². The van der Waals surface area contributed by atoms with Crippen LogP contribution >= 0.6 is 11.6 Å². The number of methoxy groups -OCH3 is 1. The highest BCUT2D eigenvalue weighted by molar-refractivity contribution is 6.32. The number of H-pyrrole nitrogens is 1. The summed E-state index contributed by atoms with van der Waals surface area (Å²) in [4.78, 5) is 2.82. The molecule has 1 aromatic heterocycles. The molecule has 0 saturated heterocycles. The van der Waals surface area contributed by atoms with Crippen LogP contribution < -0.4 is 10.5 Å². The van der Waals surface area contributed by atoms with Gasteiger partial charge in [-0.1, -0.05) is 17.7 Å². The van der Waals surface area contributed by atoms with Crippen molar-refractivity contribution in [3.63, 3.8) is 0 Å². The van der Waals surface area contributed by atoms with Crippen molar-refractivity contribution in [1.82, 2.24) is 4.98 Å². The number of nitrogens with zero attached hydrogens (tertiary/aromatic N) is 1. The minimum atomic E-state index is 0.356. The summed E-state index contributed by atoms with van der Waals surface area (Å²) in [5, 5.41) is 9.51. The summed E-state index contributed by atoms with van der Waals surface area (Å²) >= 11 is 6.03. The van der Waals surface area contributed by atoms with Gasteiger partial charge in [0.05, 0.1) is 12.1 Å². The van der Waals surface area contributed by atoms with E-state index in [1.807, 2.05) is 6.07 Å². The van der Waals surface area contributed by atoms with Crippen LogP contribution in [-0.4, -0.2) is 12.1 Å². The minimum absolute atomic E-state index is 0.356. The number of hydrogen-bond donors (Lipinski definition) is 2. The van der Waals surface area contributed by atoms with Crippen molar-refractivity contribution in [2.24, 2.45) is 0 Å². The molecular formula is C12H10ClN3O. The molecule has 0 radical (unpaired) electrons. The molecule has 0 aliphatic rings. The zero-order valence-electron chi connectivity index (χ0n) is 9.12. The number of nitriles is 1. The molecule has 2 aromatic rings. The average Bonchev–Trinajstić information content (AvgIpc) is 2.70. The Labute approximate surface area is 104 Å². The Morgan fingerprint density at radius 2 is 2.24 bits per heavy atom. The maximum atomic E-state index is 9.01. The summed E-state index contributed by atoms with van der Waals surface area (Å²) < 4.78 is 5.07. The lowest BCUT2D eigenvalue weighted by molar-refractivity contribution is 0.415. The van der Waals surface area contributed by atoms with Gasteiger partial charge in [0.1, 0.15) is 23.2 Å². The predicted octanol–water partition coefficient (Wildman–Crippen LogP) is 2.80. The smallest absolute Gasteiger partial charge is 0.137 e. The summed E-state index contributed by atoms with van der Waals surface area (Å²) in [5.74, 6) is 0.951. The maximum absolute atomic E-state index is 9.01. The molecule has 0 aliphatic heterocycles. The van der Waals surface area contributed by atoms with Crippen molar-refractivity contribution >= 4 is 17.4 Å². The molecule has 0 fully saturated rings. The van der Waals surface area contributed by atoms with E-state index >= 15 is 0 Å². The highest BCUT2D eigenvalue weighted by Gasteiger charge is 2.11. The van der Waals surface area contributed by atoms with E-state index in [4.69, 9.17) is 27.3 Å². The third-order valence-corrected chi connectivity index (χ3v) is 2.78. The van der Waals surface area contributed by atoms with Crippen LogP contribution in [0.15, 0.2) is 24.4 Å². The van der Waals surface area contributed by atoms with Gasteiger partial charge in [0.15, 0.2) is 0 Å². The van der Waals surface area contributed by atoms with Gasteiger partial charge in [-0.15, -0.1) is 0 Å². The second-order valence-electron chi connectivity index (χ2n) is 3.45. The number of aromatic amines is 1. The Balaban J connectivity index is 2.54. The number of halogens is 1. The Hall–Kier alpha value is -2.12. The molecule has 2 rings (SSSR count). The van der Waals surface area contributed by atoms with Crippen LogP contribution in [0, 0.1) is 11.3 Å². The first-order valence-electron chi connectivity index (χ1n) is 4.88. The quantitative estimate of drug-likeness (QED) is 0.857. The fraction of sp³-hybridized carbons (Fsp3) is 0.0833. The first-order chi connectivity index (χ1) is 8.17. The molecule has 0 atom stereocenters. The van der Waals surface area contributed by atoms with Crippen molar-refractivity contribution in [2.75, 3.05) is 12.8 Å². The van der Waals surface area contributed by atoms with Gasteiger partial charge in [-0.2, -0.15) is 5.26 Å². The lowest BCUT2D eigenvalue weighted by atomic mass is 10.0. The van der Waals surface area contributed by atoms with E-state index in [-0.39, 0.29) is 0 Å². The van der Waals surface area contributed by atoms with Crippen molar-refractivity contribution in [1.29, 1.82) is 5.26 Å². The van der Waals surface area contributed by atoms with E-state index in [1.54, 1.807) is 25.4 Å². The fourth-order valence-electron chi connectivity index (χ4n) is 1.62. The van der Waals surface area contributed by atoms with Crippen LogP contribution in [0.1, 0.15) is 5.56 Å². The summed E-state index contributed by atoms with van der Waals surface area (Å²) in [6, 6.07) is 7.38. The van der Waals surface area contributed by atoms with Crippen molar-refractivity contribution < 1.29 is 4.74 Å². The lowest BCUT2D eigenvalue weighted by Crippen LogP contribution is -1.88. The number of nitrogen functional groups attached to an aromatic ring is 1. The second-order valence-corrected chi connectivity index (χ2v) is 3.86. The van der Waals surface area contributed by atoms with Crippen LogP contribution in [0.4, 0.5) is 5.82 Å². The minimum Gasteiger partial charge on any atom is -0.495 e. The summed E-state index contributed by atoms with van der Waals surface area (Å²) in [7, 11) is 1.55. The highest BCUT2D eigenvalue weighted by Crippen LogP contribution is 2.33. The van der Waals surface area contributed by atoms with Gasteiger partial charge >= 0.3 is 0 Å². The molecule has 0 aliphatic carbocycles. The molecule has 0 bridgehead atoms.